The van der Waals surface area contributed by atoms with E-state index in [-0.39, 0.29) is 47.5 Å². The van der Waals surface area contributed by atoms with Crippen LogP contribution in [0, 0.1) is 5.82 Å². The average molecular weight is 739 g/mol. The molecule has 5 aromatic rings. The van der Waals surface area contributed by atoms with Gasteiger partial charge >= 0.3 is 12.1 Å². The summed E-state index contributed by atoms with van der Waals surface area (Å²) in [4.78, 5) is 33.7. The maximum atomic E-state index is 16.9. The van der Waals surface area contributed by atoms with Gasteiger partial charge < -0.3 is 19.1 Å². The highest BCUT2D eigenvalue weighted by molar-refractivity contribution is 6.36. The fraction of sp³-hybridized carbons (Fsp3) is 0.415. The van der Waals surface area contributed by atoms with E-state index in [1.165, 1.54) is 0 Å². The first kappa shape index (κ1) is 35.4. The van der Waals surface area contributed by atoms with Crippen molar-refractivity contribution in [2.45, 2.75) is 76.5 Å². The quantitative estimate of drug-likeness (QED) is 0.158. The standard InChI is InChI=1S/C41H44ClFN6O4/c1-41(2,3)53-40(50)49-27-16-17-28(49)21-48(20-27)38-32-19-44-36(31-14-8-12-26-13-9-15-33(42)34(26)31)35(43)37(32)45-39(46-38)52-24-29-18-30(22-47(29)4)51-23-25-10-6-5-7-11-25/h5-15,19,27-30H,16-18,20-24H2,1-4H3/t27?,28?,29-,30-/m0/s1. The molecule has 53 heavy (non-hydrogen) atoms. The minimum absolute atomic E-state index is 0.0530. The second kappa shape index (κ2) is 14.3. The van der Waals surface area contributed by atoms with Gasteiger partial charge in [0.1, 0.15) is 29.2 Å². The highest BCUT2D eigenvalue weighted by atomic mass is 35.5. The Hall–Kier alpha value is -4.58. The van der Waals surface area contributed by atoms with Gasteiger partial charge in [0.15, 0.2) is 5.82 Å². The van der Waals surface area contributed by atoms with E-state index in [4.69, 9.17) is 35.8 Å². The molecule has 2 bridgehead atoms. The van der Waals surface area contributed by atoms with Crippen LogP contribution in [-0.4, -0.2) is 94.0 Å². The normalized spacial score (nSPS) is 21.8. The fourth-order valence-corrected chi connectivity index (χ4v) is 8.28. The maximum Gasteiger partial charge on any atom is 0.410 e. The van der Waals surface area contributed by atoms with E-state index < -0.39 is 11.4 Å². The monoisotopic (exact) mass is 738 g/mol. The van der Waals surface area contributed by atoms with Crippen molar-refractivity contribution in [1.29, 1.82) is 0 Å². The highest BCUT2D eigenvalue weighted by Gasteiger charge is 2.45. The second-order valence-electron chi connectivity index (χ2n) is 15.4. The Bertz CT molecular complexity index is 2130. The van der Waals surface area contributed by atoms with Crippen LogP contribution in [0.4, 0.5) is 15.0 Å². The summed E-state index contributed by atoms with van der Waals surface area (Å²) in [7, 11) is 2.05. The van der Waals surface area contributed by atoms with Gasteiger partial charge in [0.2, 0.25) is 0 Å². The third kappa shape index (κ3) is 7.22. The number of nitrogens with zero attached hydrogens (tertiary/aromatic N) is 6. The largest absolute Gasteiger partial charge is 0.462 e. The number of pyridine rings is 1. The van der Waals surface area contributed by atoms with Crippen molar-refractivity contribution in [3.8, 4) is 17.3 Å². The summed E-state index contributed by atoms with van der Waals surface area (Å²) in [5.74, 6) is -0.0466. The first-order valence-corrected chi connectivity index (χ1v) is 18.7. The molecule has 4 atom stereocenters. The first-order valence-electron chi connectivity index (χ1n) is 18.3. The van der Waals surface area contributed by atoms with Crippen LogP contribution in [0.3, 0.4) is 0 Å². The second-order valence-corrected chi connectivity index (χ2v) is 15.8. The minimum Gasteiger partial charge on any atom is -0.462 e. The molecule has 3 aromatic carbocycles. The third-order valence-corrected chi connectivity index (χ3v) is 10.8. The lowest BCUT2D eigenvalue weighted by Crippen LogP contribution is -2.57. The first-order chi connectivity index (χ1) is 25.5. The van der Waals surface area contributed by atoms with Crippen LogP contribution in [0.1, 0.15) is 45.6 Å². The molecule has 3 saturated heterocycles. The lowest BCUT2D eigenvalue weighted by atomic mass is 10.0. The Labute approximate surface area is 313 Å². The van der Waals surface area contributed by atoms with E-state index in [2.05, 4.69) is 34.0 Å². The van der Waals surface area contributed by atoms with Crippen molar-refractivity contribution in [2.75, 3.05) is 38.2 Å². The lowest BCUT2D eigenvalue weighted by molar-refractivity contribution is 0.0122. The number of carbonyl (C=O) groups excluding carboxylic acids is 1. The van der Waals surface area contributed by atoms with Crippen molar-refractivity contribution < 1.29 is 23.4 Å². The molecule has 3 aliphatic heterocycles. The molecule has 2 aromatic heterocycles. The number of halogens is 2. The summed E-state index contributed by atoms with van der Waals surface area (Å²) in [6.45, 7) is 8.27. The van der Waals surface area contributed by atoms with Gasteiger partial charge in [-0.1, -0.05) is 72.3 Å². The summed E-state index contributed by atoms with van der Waals surface area (Å²) >= 11 is 6.66. The average Bonchev–Trinajstić information content (AvgIpc) is 3.63. The van der Waals surface area contributed by atoms with Crippen LogP contribution in [0.15, 0.2) is 72.9 Å². The molecule has 0 spiro atoms. The van der Waals surface area contributed by atoms with Crippen molar-refractivity contribution >= 4 is 45.2 Å². The topological polar surface area (TPSA) is 93.2 Å². The van der Waals surface area contributed by atoms with E-state index in [1.807, 2.05) is 74.2 Å². The van der Waals surface area contributed by atoms with Crippen LogP contribution in [0.25, 0.3) is 32.9 Å². The molecular formula is C41H44ClFN6O4. The summed E-state index contributed by atoms with van der Waals surface area (Å²) in [6.07, 6.45) is 3.85. The molecule has 0 radical (unpaired) electrons. The summed E-state index contributed by atoms with van der Waals surface area (Å²) in [5, 5.41) is 2.59. The fourth-order valence-electron chi connectivity index (χ4n) is 8.00. The van der Waals surface area contributed by atoms with Gasteiger partial charge in [-0.3, -0.25) is 14.8 Å². The number of ether oxygens (including phenoxy) is 3. The molecule has 0 N–H and O–H groups in total. The van der Waals surface area contributed by atoms with Gasteiger partial charge in [-0.05, 0) is 64.1 Å². The molecule has 3 fully saturated rings. The van der Waals surface area contributed by atoms with E-state index in [9.17, 15) is 4.79 Å². The van der Waals surface area contributed by atoms with Crippen molar-refractivity contribution in [1.82, 2.24) is 24.8 Å². The van der Waals surface area contributed by atoms with Crippen LogP contribution >= 0.6 is 11.6 Å². The van der Waals surface area contributed by atoms with Crippen LogP contribution in [-0.2, 0) is 16.1 Å². The third-order valence-electron chi connectivity index (χ3n) is 10.5. The molecule has 276 valence electrons. The number of aromatic nitrogens is 3. The van der Waals surface area contributed by atoms with Crippen LogP contribution in [0.5, 0.6) is 6.01 Å². The Morgan fingerprint density at radius 1 is 0.962 bits per heavy atom. The molecule has 1 amide bonds. The highest BCUT2D eigenvalue weighted by Crippen LogP contribution is 2.40. The lowest BCUT2D eigenvalue weighted by Gasteiger charge is -2.42. The number of anilines is 1. The molecular weight excluding hydrogens is 695 g/mol. The number of hydrogen-bond donors (Lipinski definition) is 0. The van der Waals surface area contributed by atoms with E-state index in [0.717, 1.165) is 42.1 Å². The van der Waals surface area contributed by atoms with Crippen molar-refractivity contribution in [2.24, 2.45) is 0 Å². The van der Waals surface area contributed by atoms with Gasteiger partial charge in [0, 0.05) is 47.8 Å². The van der Waals surface area contributed by atoms with Gasteiger partial charge in [-0.15, -0.1) is 0 Å². The number of likely N-dealkylation sites (N-methyl/N-ethyl adjacent to an activating group) is 1. The molecule has 0 saturated carbocycles. The zero-order valence-electron chi connectivity index (χ0n) is 30.5. The Morgan fingerprint density at radius 2 is 1.70 bits per heavy atom. The van der Waals surface area contributed by atoms with Crippen molar-refractivity contribution in [3.63, 3.8) is 0 Å². The van der Waals surface area contributed by atoms with Gasteiger partial charge in [0.05, 0.1) is 30.2 Å². The summed E-state index contributed by atoms with van der Waals surface area (Å²) < 4.78 is 35.3. The zero-order valence-corrected chi connectivity index (χ0v) is 31.2. The van der Waals surface area contributed by atoms with Gasteiger partial charge in [-0.25, -0.2) is 9.18 Å². The van der Waals surface area contributed by atoms with Crippen molar-refractivity contribution in [3.05, 3.63) is 89.3 Å². The Balaban J connectivity index is 1.11. The van der Waals surface area contributed by atoms with E-state index in [0.29, 0.717) is 48.1 Å². The number of rotatable bonds is 8. The smallest absolute Gasteiger partial charge is 0.410 e. The molecule has 3 aliphatic rings. The number of amides is 1. The molecule has 12 heteroatoms. The molecule has 2 unspecified atom stereocenters. The predicted octanol–water partition coefficient (Wildman–Crippen LogP) is 7.89. The van der Waals surface area contributed by atoms with Gasteiger partial charge in [0.25, 0.3) is 0 Å². The minimum atomic E-state index is -0.598. The number of piperazine rings is 1. The summed E-state index contributed by atoms with van der Waals surface area (Å²) in [5.41, 5.74) is 1.38. The molecule has 10 nitrogen and oxygen atoms in total. The molecule has 0 aliphatic carbocycles. The Kier molecular flexibility index (Phi) is 9.59. The molecule has 8 rings (SSSR count). The SMILES string of the molecule is CN1C[C@@H](OCc2ccccc2)C[C@H]1COc1nc(N2CC3CCC(C2)N3C(=O)OC(C)(C)C)c2cnc(-c3cccc4cccc(Cl)c34)c(F)c2n1. The predicted molar refractivity (Wildman–Crippen MR) is 204 cm³/mol. The van der Waals surface area contributed by atoms with Crippen LogP contribution in [0.2, 0.25) is 5.02 Å². The summed E-state index contributed by atoms with van der Waals surface area (Å²) in [6, 6.07) is 21.4. The number of carbonyl (C=O) groups is 1. The van der Waals surface area contributed by atoms with E-state index in [1.54, 1.807) is 12.3 Å². The Morgan fingerprint density at radius 3 is 2.43 bits per heavy atom. The number of benzene rings is 3. The van der Waals surface area contributed by atoms with Crippen LogP contribution < -0.4 is 9.64 Å². The zero-order chi connectivity index (χ0) is 36.9. The number of fused-ring (bicyclic) bond motifs is 4. The maximum absolute atomic E-state index is 16.9. The van der Waals surface area contributed by atoms with E-state index >= 15 is 4.39 Å². The van der Waals surface area contributed by atoms with Gasteiger partial charge in [-0.2, -0.15) is 9.97 Å². The number of likely N-dealkylation sites (tertiary alicyclic amines) is 1. The molecule has 5 heterocycles. The number of hydrogen-bond acceptors (Lipinski definition) is 9.